The summed E-state index contributed by atoms with van der Waals surface area (Å²) in [5, 5.41) is 3.38. The fraction of sp³-hybridized carbons (Fsp3) is 0.250. The summed E-state index contributed by atoms with van der Waals surface area (Å²) in [6.45, 7) is 0.627. The first-order chi connectivity index (χ1) is 9.74. The normalized spacial score (nSPS) is 14.3. The topological polar surface area (TPSA) is 21.3 Å². The van der Waals surface area contributed by atoms with E-state index in [0.29, 0.717) is 24.1 Å². The van der Waals surface area contributed by atoms with E-state index < -0.39 is 0 Å². The lowest BCUT2D eigenvalue weighted by atomic mass is 10.2. The molecule has 3 rings (SSSR count). The Labute approximate surface area is 126 Å². The van der Waals surface area contributed by atoms with Crippen LogP contribution >= 0.6 is 15.9 Å². The van der Waals surface area contributed by atoms with Crippen molar-refractivity contribution in [1.29, 1.82) is 0 Å². The van der Waals surface area contributed by atoms with Gasteiger partial charge in [0.2, 0.25) is 0 Å². The van der Waals surface area contributed by atoms with Crippen LogP contribution in [-0.2, 0) is 6.54 Å². The van der Waals surface area contributed by atoms with Crippen LogP contribution in [-0.4, -0.2) is 6.04 Å². The van der Waals surface area contributed by atoms with Crippen LogP contribution in [0, 0.1) is 5.82 Å². The maximum Gasteiger partial charge on any atom is 0.167 e. The number of rotatable bonds is 5. The molecule has 2 aromatic carbocycles. The summed E-state index contributed by atoms with van der Waals surface area (Å²) in [4.78, 5) is 0. The van der Waals surface area contributed by atoms with Gasteiger partial charge in [-0.1, -0.05) is 24.3 Å². The van der Waals surface area contributed by atoms with Crippen molar-refractivity contribution in [2.45, 2.75) is 25.4 Å². The molecule has 4 heteroatoms. The fourth-order valence-corrected chi connectivity index (χ4v) is 2.35. The highest BCUT2D eigenvalue weighted by Crippen LogP contribution is 2.33. The predicted octanol–water partition coefficient (Wildman–Crippen LogP) is 4.63. The first-order valence-electron chi connectivity index (χ1n) is 6.67. The fourth-order valence-electron chi connectivity index (χ4n) is 1.99. The van der Waals surface area contributed by atoms with Gasteiger partial charge in [-0.15, -0.1) is 0 Å². The first kappa shape index (κ1) is 13.6. The molecule has 1 aliphatic rings. The van der Waals surface area contributed by atoms with Crippen LogP contribution in [0.4, 0.5) is 4.39 Å². The Bertz CT molecular complexity index is 613. The van der Waals surface area contributed by atoms with Gasteiger partial charge in [-0.2, -0.15) is 0 Å². The van der Waals surface area contributed by atoms with E-state index in [0.717, 1.165) is 10.0 Å². The van der Waals surface area contributed by atoms with E-state index in [1.165, 1.54) is 18.9 Å². The molecule has 0 saturated heterocycles. The van der Waals surface area contributed by atoms with Crippen molar-refractivity contribution in [2.75, 3.05) is 0 Å². The van der Waals surface area contributed by atoms with Gasteiger partial charge in [-0.3, -0.25) is 0 Å². The van der Waals surface area contributed by atoms with Crippen LogP contribution in [0.3, 0.4) is 0 Å². The molecule has 2 nitrogen and oxygen atoms in total. The minimum Gasteiger partial charge on any atom is -0.453 e. The first-order valence-corrected chi connectivity index (χ1v) is 7.46. The highest BCUT2D eigenvalue weighted by Gasteiger charge is 2.21. The average Bonchev–Trinajstić information content (AvgIpc) is 3.26. The summed E-state index contributed by atoms with van der Waals surface area (Å²) in [6.07, 6.45) is 2.41. The second-order valence-electron chi connectivity index (χ2n) is 4.92. The summed E-state index contributed by atoms with van der Waals surface area (Å²) in [5.74, 6) is 0.577. The maximum atomic E-state index is 14.0. The third kappa shape index (κ3) is 3.19. The molecule has 0 bridgehead atoms. The van der Waals surface area contributed by atoms with Crippen molar-refractivity contribution >= 4 is 15.9 Å². The minimum atomic E-state index is -0.337. The highest BCUT2D eigenvalue weighted by molar-refractivity contribution is 9.10. The molecule has 0 amide bonds. The van der Waals surface area contributed by atoms with Gasteiger partial charge in [0.25, 0.3) is 0 Å². The van der Waals surface area contributed by atoms with Gasteiger partial charge >= 0.3 is 0 Å². The number of ether oxygens (including phenoxy) is 1. The van der Waals surface area contributed by atoms with Gasteiger partial charge in [0.15, 0.2) is 11.6 Å². The van der Waals surface area contributed by atoms with Crippen LogP contribution in [0.25, 0.3) is 0 Å². The molecular formula is C16H15BrFNO. The van der Waals surface area contributed by atoms with Crippen molar-refractivity contribution in [1.82, 2.24) is 5.32 Å². The third-order valence-corrected chi connectivity index (χ3v) is 3.91. The van der Waals surface area contributed by atoms with Gasteiger partial charge in [0, 0.05) is 18.2 Å². The number of benzene rings is 2. The Hall–Kier alpha value is -1.39. The summed E-state index contributed by atoms with van der Waals surface area (Å²) >= 11 is 3.41. The Balaban J connectivity index is 1.85. The molecule has 1 aliphatic carbocycles. The van der Waals surface area contributed by atoms with E-state index in [-0.39, 0.29) is 5.82 Å². The molecule has 20 heavy (non-hydrogen) atoms. The molecule has 2 aromatic rings. The zero-order chi connectivity index (χ0) is 13.9. The van der Waals surface area contributed by atoms with Crippen molar-refractivity contribution < 1.29 is 9.13 Å². The Morgan fingerprint density at radius 1 is 1.15 bits per heavy atom. The standard InChI is InChI=1S/C16H15BrFNO/c17-13-5-1-2-7-15(13)20-16-11(4-3-6-14(16)18)10-19-12-8-9-12/h1-7,12,19H,8-10H2. The van der Waals surface area contributed by atoms with E-state index in [9.17, 15) is 4.39 Å². The molecule has 1 fully saturated rings. The zero-order valence-electron chi connectivity index (χ0n) is 10.9. The third-order valence-electron chi connectivity index (χ3n) is 3.26. The van der Waals surface area contributed by atoms with Crippen LogP contribution in [0.5, 0.6) is 11.5 Å². The summed E-state index contributed by atoms with van der Waals surface area (Å²) in [5.41, 5.74) is 0.840. The molecule has 104 valence electrons. The molecule has 1 N–H and O–H groups in total. The molecule has 0 aliphatic heterocycles. The van der Waals surface area contributed by atoms with Gasteiger partial charge in [-0.05, 0) is 47.0 Å². The van der Waals surface area contributed by atoms with Crippen LogP contribution in [0.15, 0.2) is 46.9 Å². The molecule has 0 heterocycles. The molecule has 0 radical (unpaired) electrons. The van der Waals surface area contributed by atoms with Crippen molar-refractivity contribution in [3.63, 3.8) is 0 Å². The van der Waals surface area contributed by atoms with Gasteiger partial charge in [0.1, 0.15) is 5.75 Å². The molecule has 0 atom stereocenters. The van der Waals surface area contributed by atoms with Crippen LogP contribution in [0.2, 0.25) is 0 Å². The number of nitrogens with one attached hydrogen (secondary N) is 1. The Morgan fingerprint density at radius 2 is 1.95 bits per heavy atom. The molecule has 1 saturated carbocycles. The SMILES string of the molecule is Fc1cccc(CNC2CC2)c1Oc1ccccc1Br. The van der Waals surface area contributed by atoms with E-state index in [4.69, 9.17) is 4.74 Å². The lowest BCUT2D eigenvalue weighted by Gasteiger charge is -2.13. The Kier molecular flexibility index (Phi) is 4.03. The van der Waals surface area contributed by atoms with Crippen LogP contribution in [0.1, 0.15) is 18.4 Å². The second-order valence-corrected chi connectivity index (χ2v) is 5.77. The average molecular weight is 336 g/mol. The van der Waals surface area contributed by atoms with Crippen molar-refractivity contribution in [3.8, 4) is 11.5 Å². The predicted molar refractivity (Wildman–Crippen MR) is 80.5 cm³/mol. The number of para-hydroxylation sites is 2. The second kappa shape index (κ2) is 5.94. The molecule has 0 aromatic heterocycles. The van der Waals surface area contributed by atoms with Crippen LogP contribution < -0.4 is 10.1 Å². The maximum absolute atomic E-state index is 14.0. The van der Waals surface area contributed by atoms with E-state index in [2.05, 4.69) is 21.2 Å². The number of hydrogen-bond acceptors (Lipinski definition) is 2. The number of hydrogen-bond donors (Lipinski definition) is 1. The summed E-state index contributed by atoms with van der Waals surface area (Å²) in [7, 11) is 0. The van der Waals surface area contributed by atoms with Crippen molar-refractivity contribution in [2.24, 2.45) is 0 Å². The highest BCUT2D eigenvalue weighted by atomic mass is 79.9. The van der Waals surface area contributed by atoms with E-state index >= 15 is 0 Å². The zero-order valence-corrected chi connectivity index (χ0v) is 12.5. The van der Waals surface area contributed by atoms with Crippen molar-refractivity contribution in [3.05, 3.63) is 58.3 Å². The lowest BCUT2D eigenvalue weighted by Crippen LogP contribution is -2.16. The van der Waals surface area contributed by atoms with Gasteiger partial charge < -0.3 is 10.1 Å². The van der Waals surface area contributed by atoms with E-state index in [1.54, 1.807) is 6.07 Å². The molecule has 0 spiro atoms. The monoisotopic (exact) mass is 335 g/mol. The Morgan fingerprint density at radius 3 is 2.70 bits per heavy atom. The minimum absolute atomic E-state index is 0.299. The smallest absolute Gasteiger partial charge is 0.167 e. The lowest BCUT2D eigenvalue weighted by molar-refractivity contribution is 0.431. The largest absolute Gasteiger partial charge is 0.453 e. The molecule has 0 unspecified atom stereocenters. The quantitative estimate of drug-likeness (QED) is 0.859. The van der Waals surface area contributed by atoms with E-state index in [1.807, 2.05) is 30.3 Å². The molecular weight excluding hydrogens is 321 g/mol. The summed E-state index contributed by atoms with van der Waals surface area (Å²) < 4.78 is 20.6. The summed E-state index contributed by atoms with van der Waals surface area (Å²) in [6, 6.07) is 13.1. The van der Waals surface area contributed by atoms with Gasteiger partial charge in [-0.25, -0.2) is 4.39 Å². The van der Waals surface area contributed by atoms with Gasteiger partial charge in [0.05, 0.1) is 4.47 Å². The number of halogens is 2.